The number of nitrogens with zero attached hydrogens (tertiary/aromatic N) is 2. The van der Waals surface area contributed by atoms with Crippen LogP contribution in [0.4, 0.5) is 4.79 Å². The van der Waals surface area contributed by atoms with Crippen LogP contribution in [-0.2, 0) is 10.2 Å². The smallest absolute Gasteiger partial charge is 0.414 e. The molecule has 2 aliphatic rings. The number of hydrogen-bond acceptors (Lipinski definition) is 4. The van der Waals surface area contributed by atoms with Crippen LogP contribution >= 0.6 is 0 Å². The minimum absolute atomic E-state index is 0.000398. The van der Waals surface area contributed by atoms with Crippen LogP contribution < -0.4 is 4.74 Å². The van der Waals surface area contributed by atoms with Crippen LogP contribution in [-0.4, -0.2) is 39.6 Å². The van der Waals surface area contributed by atoms with Crippen LogP contribution in [0, 0.1) is 5.41 Å². The third kappa shape index (κ3) is 4.65. The number of carboxylic acid groups (broad SMARTS) is 1. The normalized spacial score (nSPS) is 21.1. The molecule has 2 heterocycles. The minimum Gasteiger partial charge on any atom is -0.481 e. The fraction of sp³-hybridized carbons (Fsp3) is 0.500. The van der Waals surface area contributed by atoms with Crippen molar-refractivity contribution in [1.82, 2.24) is 9.88 Å². The molecule has 1 atom stereocenters. The number of imide groups is 1. The average molecular weight is 491 g/mol. The number of rotatable bonds is 5. The summed E-state index contributed by atoms with van der Waals surface area (Å²) in [6.07, 6.45) is 3.63. The third-order valence-electron chi connectivity index (χ3n) is 7.68. The summed E-state index contributed by atoms with van der Waals surface area (Å²) in [5, 5.41) is 10.1. The topological polar surface area (TPSA) is 79.7 Å². The molecule has 6 heteroatoms. The standard InChI is InChI=1S/C30H38N2O4/c1-28(2,3)21-12-10-20(11-13-21)23(24-15-14-22(19-8-9-19)26(31-24)36-7)18-30(29(4,5)6)17-16-25(33)32(30)27(34)35/h10-15,18-19H,8-9,16-17H2,1-7H3,(H,34,35)/t30-/m1/s1. The summed E-state index contributed by atoms with van der Waals surface area (Å²) in [5.41, 5.74) is 3.18. The van der Waals surface area contributed by atoms with Crippen LogP contribution in [0.5, 0.6) is 5.88 Å². The molecule has 6 nitrogen and oxygen atoms in total. The summed E-state index contributed by atoms with van der Waals surface area (Å²) in [6, 6.07) is 12.4. The number of ether oxygens (including phenoxy) is 1. The highest BCUT2D eigenvalue weighted by atomic mass is 16.5. The largest absolute Gasteiger partial charge is 0.481 e. The Labute approximate surface area is 214 Å². The van der Waals surface area contributed by atoms with Crippen molar-refractivity contribution in [1.29, 1.82) is 0 Å². The van der Waals surface area contributed by atoms with Gasteiger partial charge < -0.3 is 9.84 Å². The second-order valence-electron chi connectivity index (χ2n) is 12.1. The second kappa shape index (κ2) is 9.06. The maximum Gasteiger partial charge on any atom is 0.414 e. The Kier molecular flexibility index (Phi) is 6.52. The molecule has 1 saturated heterocycles. The highest BCUT2D eigenvalue weighted by Crippen LogP contribution is 2.48. The molecular formula is C30H38N2O4. The maximum atomic E-state index is 12.8. The molecule has 0 unspecified atom stereocenters. The van der Waals surface area contributed by atoms with E-state index in [0.717, 1.165) is 34.4 Å². The van der Waals surface area contributed by atoms with E-state index in [1.807, 2.05) is 32.9 Å². The SMILES string of the molecule is COc1nc(C(=C[C@@]2(C(C)(C)C)CCC(=O)N2C(=O)O)c2ccc(C(C)(C)C)cc2)ccc1C1CC1. The lowest BCUT2D eigenvalue weighted by Crippen LogP contribution is -2.55. The highest BCUT2D eigenvalue weighted by molar-refractivity contribution is 5.96. The Bertz CT molecular complexity index is 1200. The fourth-order valence-electron chi connectivity index (χ4n) is 5.25. The number of amides is 2. The molecule has 4 rings (SSSR count). The summed E-state index contributed by atoms with van der Waals surface area (Å²) in [5.74, 6) is 0.719. The van der Waals surface area contributed by atoms with Crippen LogP contribution in [0.15, 0.2) is 42.5 Å². The van der Waals surface area contributed by atoms with Gasteiger partial charge in [-0.2, -0.15) is 0 Å². The van der Waals surface area contributed by atoms with Gasteiger partial charge >= 0.3 is 6.09 Å². The zero-order valence-corrected chi connectivity index (χ0v) is 22.5. The van der Waals surface area contributed by atoms with Crippen molar-refractivity contribution >= 4 is 17.6 Å². The minimum atomic E-state index is -1.22. The van der Waals surface area contributed by atoms with E-state index in [1.54, 1.807) is 7.11 Å². The predicted octanol–water partition coefficient (Wildman–Crippen LogP) is 6.78. The molecule has 1 aromatic carbocycles. The lowest BCUT2D eigenvalue weighted by molar-refractivity contribution is -0.129. The molecule has 1 aliphatic heterocycles. The Hall–Kier alpha value is -3.15. The van der Waals surface area contributed by atoms with E-state index in [1.165, 1.54) is 5.56 Å². The first kappa shape index (κ1) is 25.9. The van der Waals surface area contributed by atoms with Crippen molar-refractivity contribution in [3.8, 4) is 5.88 Å². The van der Waals surface area contributed by atoms with Crippen molar-refractivity contribution in [2.45, 2.75) is 84.1 Å². The van der Waals surface area contributed by atoms with Crippen molar-refractivity contribution in [2.24, 2.45) is 5.41 Å². The summed E-state index contributed by atoms with van der Waals surface area (Å²) in [4.78, 5) is 31.1. The number of methoxy groups -OCH3 is 1. The van der Waals surface area contributed by atoms with Crippen molar-refractivity contribution in [3.63, 3.8) is 0 Å². The van der Waals surface area contributed by atoms with E-state index in [4.69, 9.17) is 9.72 Å². The van der Waals surface area contributed by atoms with Gasteiger partial charge in [-0.15, -0.1) is 0 Å². The van der Waals surface area contributed by atoms with Gasteiger partial charge in [0.1, 0.15) is 0 Å². The highest BCUT2D eigenvalue weighted by Gasteiger charge is 2.54. The van der Waals surface area contributed by atoms with Gasteiger partial charge in [-0.1, -0.05) is 71.9 Å². The van der Waals surface area contributed by atoms with Crippen molar-refractivity contribution in [2.75, 3.05) is 7.11 Å². The molecular weight excluding hydrogens is 452 g/mol. The number of carbonyl (C=O) groups is 2. The maximum absolute atomic E-state index is 12.8. The monoisotopic (exact) mass is 490 g/mol. The van der Waals surface area contributed by atoms with Gasteiger partial charge in [0.15, 0.2) is 0 Å². The predicted molar refractivity (Wildman–Crippen MR) is 141 cm³/mol. The molecule has 192 valence electrons. The number of benzene rings is 1. The van der Waals surface area contributed by atoms with Gasteiger partial charge in [-0.3, -0.25) is 4.79 Å². The van der Waals surface area contributed by atoms with Gasteiger partial charge in [-0.25, -0.2) is 14.7 Å². The fourth-order valence-corrected chi connectivity index (χ4v) is 5.25. The average Bonchev–Trinajstić information content (AvgIpc) is 3.58. The molecule has 1 aliphatic carbocycles. The summed E-state index contributed by atoms with van der Waals surface area (Å²) < 4.78 is 5.68. The van der Waals surface area contributed by atoms with Gasteiger partial charge in [0.2, 0.25) is 11.8 Å². The van der Waals surface area contributed by atoms with Gasteiger partial charge in [0, 0.05) is 17.6 Å². The number of likely N-dealkylation sites (tertiary alicyclic amines) is 1. The molecule has 2 aromatic rings. The quantitative estimate of drug-likeness (QED) is 0.500. The summed E-state index contributed by atoms with van der Waals surface area (Å²) in [7, 11) is 1.64. The molecule has 2 fully saturated rings. The van der Waals surface area contributed by atoms with E-state index < -0.39 is 17.0 Å². The Morgan fingerprint density at radius 2 is 1.72 bits per heavy atom. The number of pyridine rings is 1. The lowest BCUT2D eigenvalue weighted by atomic mass is 9.70. The van der Waals surface area contributed by atoms with E-state index in [9.17, 15) is 14.7 Å². The number of aromatic nitrogens is 1. The molecule has 2 amide bonds. The van der Waals surface area contributed by atoms with E-state index >= 15 is 0 Å². The molecule has 36 heavy (non-hydrogen) atoms. The summed E-state index contributed by atoms with van der Waals surface area (Å²) in [6.45, 7) is 12.5. The Morgan fingerprint density at radius 1 is 1.08 bits per heavy atom. The van der Waals surface area contributed by atoms with Crippen LogP contribution in [0.1, 0.15) is 95.5 Å². The van der Waals surface area contributed by atoms with Crippen LogP contribution in [0.3, 0.4) is 0 Å². The summed E-state index contributed by atoms with van der Waals surface area (Å²) >= 11 is 0. The molecule has 1 N–H and O–H groups in total. The van der Waals surface area contributed by atoms with Crippen molar-refractivity contribution in [3.05, 3.63) is 64.9 Å². The van der Waals surface area contributed by atoms with Crippen LogP contribution in [0.2, 0.25) is 0 Å². The zero-order chi connectivity index (χ0) is 26.5. The first-order chi connectivity index (χ1) is 16.8. The zero-order valence-electron chi connectivity index (χ0n) is 22.5. The van der Waals surface area contributed by atoms with Crippen LogP contribution in [0.25, 0.3) is 5.57 Å². The molecule has 0 radical (unpaired) electrons. The van der Waals surface area contributed by atoms with Gasteiger partial charge in [0.25, 0.3) is 0 Å². The van der Waals surface area contributed by atoms with Gasteiger partial charge in [0.05, 0.1) is 18.3 Å². The Morgan fingerprint density at radius 3 is 2.22 bits per heavy atom. The van der Waals surface area contributed by atoms with E-state index in [-0.39, 0.29) is 17.7 Å². The molecule has 1 aromatic heterocycles. The molecule has 0 spiro atoms. The van der Waals surface area contributed by atoms with Crippen molar-refractivity contribution < 1.29 is 19.4 Å². The number of carbonyl (C=O) groups excluding carboxylic acids is 1. The second-order valence-corrected chi connectivity index (χ2v) is 12.1. The first-order valence-corrected chi connectivity index (χ1v) is 12.7. The van der Waals surface area contributed by atoms with Gasteiger partial charge in [-0.05, 0) is 59.3 Å². The lowest BCUT2D eigenvalue weighted by Gasteiger charge is -2.44. The number of hydrogen-bond donors (Lipinski definition) is 1. The molecule has 0 bridgehead atoms. The van der Waals surface area contributed by atoms with E-state index in [0.29, 0.717) is 23.9 Å². The Balaban J connectivity index is 1.95. The van der Waals surface area contributed by atoms with E-state index in [2.05, 4.69) is 51.1 Å². The molecule has 1 saturated carbocycles. The third-order valence-corrected chi connectivity index (χ3v) is 7.68. The first-order valence-electron chi connectivity index (χ1n) is 12.7.